The number of nitrogens with zero attached hydrogens (tertiary/aromatic N) is 2. The van der Waals surface area contributed by atoms with Gasteiger partial charge < -0.3 is 10.2 Å². The van der Waals surface area contributed by atoms with Gasteiger partial charge in [0.15, 0.2) is 0 Å². The van der Waals surface area contributed by atoms with E-state index in [0.29, 0.717) is 19.5 Å². The molecule has 1 fully saturated rings. The lowest BCUT2D eigenvalue weighted by Crippen LogP contribution is -2.23. The number of likely N-dealkylation sites (tertiary alicyclic amines) is 1. The van der Waals surface area contributed by atoms with Crippen molar-refractivity contribution in [2.24, 2.45) is 0 Å². The summed E-state index contributed by atoms with van der Waals surface area (Å²) in [7, 11) is 0. The van der Waals surface area contributed by atoms with Crippen molar-refractivity contribution in [2.75, 3.05) is 11.9 Å². The number of alkyl halides is 3. The van der Waals surface area contributed by atoms with Crippen LogP contribution in [0.15, 0.2) is 36.5 Å². The van der Waals surface area contributed by atoms with Crippen LogP contribution in [0.25, 0.3) is 0 Å². The van der Waals surface area contributed by atoms with Crippen LogP contribution < -0.4 is 5.32 Å². The lowest BCUT2D eigenvalue weighted by molar-refractivity contribution is -0.137. The van der Waals surface area contributed by atoms with E-state index in [4.69, 9.17) is 11.6 Å². The first-order valence-corrected chi connectivity index (χ1v) is 8.53. The standard InChI is InChI=1S/C18H17ClF3N3O/c19-15-8-14(18(20,21)22)10-24-17(15)23-9-12-3-1-4-13(7-12)11-25-6-2-5-16(25)26/h1,3-4,7-8,10H,2,5-6,9,11H2,(H,23,24). The Labute approximate surface area is 154 Å². The van der Waals surface area contributed by atoms with Gasteiger partial charge in [-0.05, 0) is 23.6 Å². The van der Waals surface area contributed by atoms with Gasteiger partial charge in [-0.2, -0.15) is 13.2 Å². The van der Waals surface area contributed by atoms with Crippen LogP contribution in [0.5, 0.6) is 0 Å². The molecule has 1 aliphatic heterocycles. The Morgan fingerprint density at radius 3 is 2.65 bits per heavy atom. The van der Waals surface area contributed by atoms with Gasteiger partial charge >= 0.3 is 6.18 Å². The Morgan fingerprint density at radius 1 is 1.23 bits per heavy atom. The molecule has 1 aliphatic rings. The normalized spacial score (nSPS) is 14.8. The van der Waals surface area contributed by atoms with Gasteiger partial charge in [0.25, 0.3) is 0 Å². The van der Waals surface area contributed by atoms with Crippen molar-refractivity contribution >= 4 is 23.3 Å². The Hall–Kier alpha value is -2.28. The maximum atomic E-state index is 12.6. The van der Waals surface area contributed by atoms with Crippen LogP contribution in [0.1, 0.15) is 29.5 Å². The van der Waals surface area contributed by atoms with Crippen LogP contribution >= 0.6 is 11.6 Å². The maximum Gasteiger partial charge on any atom is 0.417 e. The minimum Gasteiger partial charge on any atom is -0.365 e. The summed E-state index contributed by atoms with van der Waals surface area (Å²) in [5.41, 5.74) is 1.04. The predicted molar refractivity (Wildman–Crippen MR) is 92.7 cm³/mol. The van der Waals surface area contributed by atoms with E-state index in [2.05, 4.69) is 10.3 Å². The molecule has 0 saturated carbocycles. The monoisotopic (exact) mass is 383 g/mol. The first-order chi connectivity index (χ1) is 12.3. The molecule has 0 atom stereocenters. The molecule has 2 heterocycles. The summed E-state index contributed by atoms with van der Waals surface area (Å²) in [6.07, 6.45) is -2.24. The van der Waals surface area contributed by atoms with Gasteiger partial charge in [-0.3, -0.25) is 4.79 Å². The van der Waals surface area contributed by atoms with Crippen molar-refractivity contribution in [1.29, 1.82) is 0 Å². The second kappa shape index (κ2) is 7.53. The molecule has 3 rings (SSSR count). The highest BCUT2D eigenvalue weighted by Gasteiger charge is 2.31. The topological polar surface area (TPSA) is 45.2 Å². The van der Waals surface area contributed by atoms with Gasteiger partial charge in [0.1, 0.15) is 5.82 Å². The Morgan fingerprint density at radius 2 is 2.00 bits per heavy atom. The first-order valence-electron chi connectivity index (χ1n) is 8.15. The van der Waals surface area contributed by atoms with E-state index < -0.39 is 11.7 Å². The molecule has 4 nitrogen and oxygen atoms in total. The molecule has 0 aliphatic carbocycles. The molecule has 1 aromatic carbocycles. The van der Waals surface area contributed by atoms with Gasteiger partial charge in [-0.15, -0.1) is 0 Å². The van der Waals surface area contributed by atoms with Gasteiger partial charge in [-0.1, -0.05) is 35.9 Å². The van der Waals surface area contributed by atoms with Crippen LogP contribution in [0.4, 0.5) is 19.0 Å². The molecule has 1 saturated heterocycles. The van der Waals surface area contributed by atoms with Crippen molar-refractivity contribution in [3.05, 3.63) is 58.2 Å². The zero-order chi connectivity index (χ0) is 18.7. The van der Waals surface area contributed by atoms with E-state index in [1.54, 1.807) is 0 Å². The number of amides is 1. The molecule has 138 valence electrons. The predicted octanol–water partition coefficient (Wildman–Crippen LogP) is 4.49. The number of pyridine rings is 1. The molecule has 1 aromatic heterocycles. The number of aromatic nitrogens is 1. The van der Waals surface area contributed by atoms with Crippen molar-refractivity contribution < 1.29 is 18.0 Å². The van der Waals surface area contributed by atoms with E-state index in [0.717, 1.165) is 36.4 Å². The largest absolute Gasteiger partial charge is 0.417 e. The maximum absolute atomic E-state index is 12.6. The van der Waals surface area contributed by atoms with Gasteiger partial charge in [-0.25, -0.2) is 4.98 Å². The molecule has 26 heavy (non-hydrogen) atoms. The second-order valence-electron chi connectivity index (χ2n) is 6.14. The highest BCUT2D eigenvalue weighted by molar-refractivity contribution is 6.32. The van der Waals surface area contributed by atoms with Crippen LogP contribution in [-0.2, 0) is 24.1 Å². The number of rotatable bonds is 5. The molecular formula is C18H17ClF3N3O. The number of carbonyl (C=O) groups is 1. The summed E-state index contributed by atoms with van der Waals surface area (Å²) >= 11 is 5.89. The fraction of sp³-hybridized carbons (Fsp3) is 0.333. The summed E-state index contributed by atoms with van der Waals surface area (Å²) in [5.74, 6) is 0.356. The van der Waals surface area contributed by atoms with Gasteiger partial charge in [0.05, 0.1) is 10.6 Å². The Balaban J connectivity index is 1.65. The average molecular weight is 384 g/mol. The summed E-state index contributed by atoms with van der Waals surface area (Å²) in [6.45, 7) is 1.69. The van der Waals surface area contributed by atoms with Gasteiger partial charge in [0.2, 0.25) is 5.91 Å². The van der Waals surface area contributed by atoms with Crippen molar-refractivity contribution in [2.45, 2.75) is 32.1 Å². The summed E-state index contributed by atoms with van der Waals surface area (Å²) < 4.78 is 37.9. The number of nitrogens with one attached hydrogen (secondary N) is 1. The van der Waals surface area contributed by atoms with Gasteiger partial charge in [0, 0.05) is 32.3 Å². The molecule has 8 heteroatoms. The lowest BCUT2D eigenvalue weighted by atomic mass is 10.1. The lowest BCUT2D eigenvalue weighted by Gasteiger charge is -2.16. The number of hydrogen-bond donors (Lipinski definition) is 1. The molecule has 0 unspecified atom stereocenters. The molecule has 1 N–H and O–H groups in total. The van der Waals surface area contributed by atoms with E-state index in [-0.39, 0.29) is 16.7 Å². The average Bonchev–Trinajstić information content (AvgIpc) is 2.98. The Bertz CT molecular complexity index is 811. The third kappa shape index (κ3) is 4.46. The molecule has 0 radical (unpaired) electrons. The van der Waals surface area contributed by atoms with Crippen LogP contribution in [0.2, 0.25) is 5.02 Å². The SMILES string of the molecule is O=C1CCCN1Cc1cccc(CNc2ncc(C(F)(F)F)cc2Cl)c1. The van der Waals surface area contributed by atoms with Crippen molar-refractivity contribution in [3.63, 3.8) is 0 Å². The van der Waals surface area contributed by atoms with E-state index >= 15 is 0 Å². The minimum atomic E-state index is -4.48. The number of hydrogen-bond acceptors (Lipinski definition) is 3. The highest BCUT2D eigenvalue weighted by Crippen LogP contribution is 2.32. The van der Waals surface area contributed by atoms with Crippen molar-refractivity contribution in [3.8, 4) is 0 Å². The second-order valence-corrected chi connectivity index (χ2v) is 6.55. The summed E-state index contributed by atoms with van der Waals surface area (Å²) in [4.78, 5) is 17.3. The molecule has 2 aromatic rings. The van der Waals surface area contributed by atoms with E-state index in [9.17, 15) is 18.0 Å². The molecule has 0 bridgehead atoms. The Kier molecular flexibility index (Phi) is 5.36. The fourth-order valence-electron chi connectivity index (χ4n) is 2.84. The van der Waals surface area contributed by atoms with Crippen molar-refractivity contribution in [1.82, 2.24) is 9.88 Å². The smallest absolute Gasteiger partial charge is 0.365 e. The van der Waals surface area contributed by atoms with Crippen LogP contribution in [0.3, 0.4) is 0 Å². The summed E-state index contributed by atoms with van der Waals surface area (Å²) in [5, 5.41) is 2.86. The van der Waals surface area contributed by atoms with Crippen LogP contribution in [0, 0.1) is 0 Å². The molecule has 1 amide bonds. The fourth-order valence-corrected chi connectivity index (χ4v) is 3.07. The minimum absolute atomic E-state index is 0.0846. The highest BCUT2D eigenvalue weighted by atomic mass is 35.5. The number of halogens is 4. The third-order valence-corrected chi connectivity index (χ3v) is 4.45. The third-order valence-electron chi connectivity index (χ3n) is 4.16. The van der Waals surface area contributed by atoms with E-state index in [1.165, 1.54) is 0 Å². The number of benzene rings is 1. The first kappa shape index (κ1) is 18.5. The quantitative estimate of drug-likeness (QED) is 0.827. The zero-order valence-corrected chi connectivity index (χ0v) is 14.6. The van der Waals surface area contributed by atoms with E-state index in [1.807, 2.05) is 29.2 Å². The molecule has 0 spiro atoms. The zero-order valence-electron chi connectivity index (χ0n) is 13.8. The number of anilines is 1. The molecular weight excluding hydrogens is 367 g/mol. The number of carbonyl (C=O) groups excluding carboxylic acids is 1. The van der Waals surface area contributed by atoms with Crippen LogP contribution in [-0.4, -0.2) is 22.3 Å². The summed E-state index contributed by atoms with van der Waals surface area (Å²) in [6, 6.07) is 8.52.